The second kappa shape index (κ2) is 5.34. The number of nitrogens with zero attached hydrogens (tertiary/aromatic N) is 2. The Kier molecular flexibility index (Phi) is 4.48. The monoisotopic (exact) mass is 276 g/mol. The van der Waals surface area contributed by atoms with Crippen molar-refractivity contribution in [3.05, 3.63) is 0 Å². The average Bonchev–Trinajstić information content (AvgIpc) is 2.17. The standard InChI is InChI=1S/C12H21ClN2O3/c1-8-7-15(11(17)18-12(3,4)5)9(2)6-14(8)10(13)16/h8-9H,6-7H2,1-5H3/t8-,9+/m1/s1. The van der Waals surface area contributed by atoms with Gasteiger partial charge in [0, 0.05) is 25.2 Å². The maximum atomic E-state index is 12.0. The van der Waals surface area contributed by atoms with Gasteiger partial charge in [0.15, 0.2) is 0 Å². The summed E-state index contributed by atoms with van der Waals surface area (Å²) in [6.45, 7) is 10.1. The fourth-order valence-corrected chi connectivity index (χ4v) is 2.18. The molecule has 1 rings (SSSR count). The summed E-state index contributed by atoms with van der Waals surface area (Å²) in [4.78, 5) is 26.4. The molecule has 0 N–H and O–H groups in total. The van der Waals surface area contributed by atoms with Crippen LogP contribution >= 0.6 is 11.6 Å². The lowest BCUT2D eigenvalue weighted by atomic mass is 10.1. The van der Waals surface area contributed by atoms with Gasteiger partial charge in [0.2, 0.25) is 0 Å². The lowest BCUT2D eigenvalue weighted by Gasteiger charge is -2.43. The predicted octanol–water partition coefficient (Wildman–Crippen LogP) is 2.67. The molecular formula is C12H21ClN2O3. The van der Waals surface area contributed by atoms with E-state index < -0.39 is 11.0 Å². The highest BCUT2D eigenvalue weighted by Gasteiger charge is 2.35. The zero-order chi connectivity index (χ0) is 14.1. The van der Waals surface area contributed by atoms with E-state index >= 15 is 0 Å². The molecule has 18 heavy (non-hydrogen) atoms. The van der Waals surface area contributed by atoms with E-state index in [0.29, 0.717) is 13.1 Å². The molecule has 0 radical (unpaired) electrons. The van der Waals surface area contributed by atoms with Crippen LogP contribution in [0.2, 0.25) is 0 Å². The molecule has 0 aromatic heterocycles. The van der Waals surface area contributed by atoms with Crippen molar-refractivity contribution in [2.75, 3.05) is 13.1 Å². The van der Waals surface area contributed by atoms with Gasteiger partial charge in [0.1, 0.15) is 5.60 Å². The summed E-state index contributed by atoms with van der Waals surface area (Å²) in [6.07, 6.45) is -0.344. The minimum absolute atomic E-state index is 0.0984. The highest BCUT2D eigenvalue weighted by atomic mass is 35.5. The fourth-order valence-electron chi connectivity index (χ4n) is 1.95. The molecule has 6 heteroatoms. The molecule has 0 aromatic rings. The summed E-state index contributed by atoms with van der Waals surface area (Å²) in [7, 11) is 0. The zero-order valence-corrected chi connectivity index (χ0v) is 12.3. The Balaban J connectivity index is 2.70. The molecule has 0 bridgehead atoms. The van der Waals surface area contributed by atoms with Crippen molar-refractivity contribution in [3.8, 4) is 0 Å². The van der Waals surface area contributed by atoms with Gasteiger partial charge in [-0.3, -0.25) is 4.79 Å². The van der Waals surface area contributed by atoms with Crippen molar-refractivity contribution in [2.45, 2.75) is 52.3 Å². The molecule has 1 heterocycles. The number of halogens is 1. The van der Waals surface area contributed by atoms with E-state index in [1.165, 1.54) is 0 Å². The Bertz CT molecular complexity index is 341. The topological polar surface area (TPSA) is 49.9 Å². The van der Waals surface area contributed by atoms with E-state index in [0.717, 1.165) is 0 Å². The molecule has 1 saturated heterocycles. The Morgan fingerprint density at radius 1 is 1.11 bits per heavy atom. The van der Waals surface area contributed by atoms with Crippen LogP contribution in [0, 0.1) is 0 Å². The number of ether oxygens (including phenoxy) is 1. The molecule has 5 nitrogen and oxygen atoms in total. The first-order chi connectivity index (χ1) is 8.11. The van der Waals surface area contributed by atoms with Crippen molar-refractivity contribution in [2.24, 2.45) is 0 Å². The van der Waals surface area contributed by atoms with Crippen LogP contribution in [-0.2, 0) is 4.74 Å². The molecule has 0 unspecified atom stereocenters. The number of carbonyl (C=O) groups excluding carboxylic acids is 2. The van der Waals surface area contributed by atoms with Crippen molar-refractivity contribution in [1.82, 2.24) is 9.80 Å². The number of amides is 2. The van der Waals surface area contributed by atoms with Gasteiger partial charge < -0.3 is 14.5 Å². The second-order valence-electron chi connectivity index (χ2n) is 5.74. The number of piperazine rings is 1. The summed E-state index contributed by atoms with van der Waals surface area (Å²) in [6, 6.07) is -0.197. The van der Waals surface area contributed by atoms with Gasteiger partial charge in [-0.2, -0.15) is 0 Å². The van der Waals surface area contributed by atoms with Gasteiger partial charge in [0.25, 0.3) is 0 Å². The minimum atomic E-state index is -0.514. The molecule has 1 fully saturated rings. The van der Waals surface area contributed by atoms with E-state index in [2.05, 4.69) is 0 Å². The molecule has 0 spiro atoms. The Morgan fingerprint density at radius 3 is 2.00 bits per heavy atom. The van der Waals surface area contributed by atoms with Crippen LogP contribution in [0.3, 0.4) is 0 Å². The summed E-state index contributed by atoms with van der Waals surface area (Å²) >= 11 is 5.50. The highest BCUT2D eigenvalue weighted by molar-refractivity contribution is 6.62. The molecule has 1 aliphatic heterocycles. The largest absolute Gasteiger partial charge is 0.444 e. The first-order valence-electron chi connectivity index (χ1n) is 6.07. The highest BCUT2D eigenvalue weighted by Crippen LogP contribution is 2.19. The lowest BCUT2D eigenvalue weighted by Crippen LogP contribution is -2.59. The SMILES string of the molecule is C[C@@H]1CN(C(=O)OC(C)(C)C)[C@@H](C)CN1C(=O)Cl. The number of carbonyl (C=O) groups is 2. The van der Waals surface area contributed by atoms with E-state index in [-0.39, 0.29) is 18.2 Å². The van der Waals surface area contributed by atoms with Gasteiger partial charge in [-0.25, -0.2) is 4.79 Å². The Hall–Kier alpha value is -0.970. The van der Waals surface area contributed by atoms with Crippen molar-refractivity contribution in [1.29, 1.82) is 0 Å². The van der Waals surface area contributed by atoms with Crippen LogP contribution in [0.1, 0.15) is 34.6 Å². The van der Waals surface area contributed by atoms with Gasteiger partial charge >= 0.3 is 11.5 Å². The summed E-state index contributed by atoms with van der Waals surface area (Å²) < 4.78 is 5.34. The number of hydrogen-bond acceptors (Lipinski definition) is 3. The van der Waals surface area contributed by atoms with Crippen LogP contribution in [0.5, 0.6) is 0 Å². The average molecular weight is 277 g/mol. The maximum absolute atomic E-state index is 12.0. The fraction of sp³-hybridized carbons (Fsp3) is 0.833. The molecule has 1 aliphatic rings. The predicted molar refractivity (Wildman–Crippen MR) is 69.8 cm³/mol. The van der Waals surface area contributed by atoms with Gasteiger partial charge in [-0.05, 0) is 46.2 Å². The Labute approximate surface area is 113 Å². The zero-order valence-electron chi connectivity index (χ0n) is 11.6. The Morgan fingerprint density at radius 2 is 1.56 bits per heavy atom. The first kappa shape index (κ1) is 15.1. The van der Waals surface area contributed by atoms with Crippen LogP contribution in [0.25, 0.3) is 0 Å². The summed E-state index contributed by atoms with van der Waals surface area (Å²) in [5.41, 5.74) is -0.514. The summed E-state index contributed by atoms with van der Waals surface area (Å²) in [5, 5.41) is -0.474. The molecule has 0 saturated carbocycles. The van der Waals surface area contributed by atoms with Crippen LogP contribution in [0.15, 0.2) is 0 Å². The van der Waals surface area contributed by atoms with E-state index in [4.69, 9.17) is 16.3 Å². The van der Waals surface area contributed by atoms with Gasteiger partial charge in [0.05, 0.1) is 0 Å². The molecule has 104 valence electrons. The molecule has 2 atom stereocenters. The van der Waals surface area contributed by atoms with Gasteiger partial charge in [-0.1, -0.05) is 0 Å². The van der Waals surface area contributed by atoms with E-state index in [9.17, 15) is 9.59 Å². The normalized spacial score (nSPS) is 25.0. The third-order valence-corrected chi connectivity index (χ3v) is 3.06. The quantitative estimate of drug-likeness (QED) is 0.505. The third kappa shape index (κ3) is 3.77. The second-order valence-corrected chi connectivity index (χ2v) is 6.06. The van der Waals surface area contributed by atoms with E-state index in [1.54, 1.807) is 9.80 Å². The molecule has 0 aromatic carbocycles. The number of rotatable bonds is 0. The van der Waals surface area contributed by atoms with E-state index in [1.807, 2.05) is 34.6 Å². The van der Waals surface area contributed by atoms with Crippen LogP contribution in [-0.4, -0.2) is 52.0 Å². The smallest absolute Gasteiger partial charge is 0.410 e. The van der Waals surface area contributed by atoms with Crippen molar-refractivity contribution >= 4 is 23.1 Å². The maximum Gasteiger partial charge on any atom is 0.410 e. The van der Waals surface area contributed by atoms with Crippen LogP contribution < -0.4 is 0 Å². The summed E-state index contributed by atoms with van der Waals surface area (Å²) in [5.74, 6) is 0. The minimum Gasteiger partial charge on any atom is -0.444 e. The molecule has 0 aliphatic carbocycles. The molecule has 2 amide bonds. The first-order valence-corrected chi connectivity index (χ1v) is 6.45. The third-order valence-electron chi connectivity index (χ3n) is 2.84. The lowest BCUT2D eigenvalue weighted by molar-refractivity contribution is -0.00172. The van der Waals surface area contributed by atoms with Crippen molar-refractivity contribution in [3.63, 3.8) is 0 Å². The number of hydrogen-bond donors (Lipinski definition) is 0. The van der Waals surface area contributed by atoms with Crippen molar-refractivity contribution < 1.29 is 14.3 Å². The molecular weight excluding hydrogens is 256 g/mol. The van der Waals surface area contributed by atoms with Gasteiger partial charge in [-0.15, -0.1) is 0 Å². The van der Waals surface area contributed by atoms with Crippen LogP contribution in [0.4, 0.5) is 9.59 Å².